The lowest BCUT2D eigenvalue weighted by molar-refractivity contribution is -0.116. The molecule has 0 atom stereocenters. The Kier molecular flexibility index (Phi) is 6.04. The Hall–Kier alpha value is -3.71. The van der Waals surface area contributed by atoms with Crippen molar-refractivity contribution in [2.24, 2.45) is 0 Å². The zero-order valence-electron chi connectivity index (χ0n) is 17.6. The van der Waals surface area contributed by atoms with E-state index in [0.29, 0.717) is 23.8 Å². The third kappa shape index (κ3) is 4.73. The third-order valence-corrected chi connectivity index (χ3v) is 6.38. The number of hydrogen-bond acceptors (Lipinski definition) is 4. The number of carbonyl (C=O) groups excluding carboxylic acids is 1. The number of para-hydroxylation sites is 1. The minimum absolute atomic E-state index is 0.161. The molecule has 1 amide bonds. The van der Waals surface area contributed by atoms with Gasteiger partial charge < -0.3 is 19.8 Å². The van der Waals surface area contributed by atoms with Gasteiger partial charge in [0.15, 0.2) is 11.5 Å². The van der Waals surface area contributed by atoms with Crippen LogP contribution >= 0.6 is 11.8 Å². The van der Waals surface area contributed by atoms with Gasteiger partial charge in [-0.1, -0.05) is 24.3 Å². The molecule has 0 fully saturated rings. The van der Waals surface area contributed by atoms with Crippen LogP contribution in [-0.4, -0.2) is 30.0 Å². The van der Waals surface area contributed by atoms with Gasteiger partial charge >= 0.3 is 0 Å². The number of fused-ring (bicyclic) bond motifs is 2. The number of carbonyl (C=O) groups is 1. The number of nitrogens with one attached hydrogen (secondary N) is 2. The standard InChI is InChI=1S/C26H21FN2O3S/c27-19-9-7-18(8-10-19)25-26(20-3-1-2-4-21(20)29-25)33-14-13-28-24(30)12-6-17-5-11-22-23(15-17)32-16-31-22/h1-12,15,29H,13-14,16H2,(H,28,30)/b12-6+. The predicted octanol–water partition coefficient (Wildman–Crippen LogP) is 5.62. The van der Waals surface area contributed by atoms with Crippen molar-refractivity contribution in [1.82, 2.24) is 10.3 Å². The molecule has 1 aliphatic heterocycles. The van der Waals surface area contributed by atoms with Gasteiger partial charge in [0, 0.05) is 34.2 Å². The summed E-state index contributed by atoms with van der Waals surface area (Å²) in [5.41, 5.74) is 3.77. The minimum Gasteiger partial charge on any atom is -0.454 e. The quantitative estimate of drug-likeness (QED) is 0.213. The highest BCUT2D eigenvalue weighted by molar-refractivity contribution is 7.99. The van der Waals surface area contributed by atoms with Crippen molar-refractivity contribution in [2.45, 2.75) is 4.90 Å². The number of aromatic nitrogens is 1. The summed E-state index contributed by atoms with van der Waals surface area (Å²) in [7, 11) is 0. The fourth-order valence-corrected chi connectivity index (χ4v) is 4.72. The summed E-state index contributed by atoms with van der Waals surface area (Å²) in [6.07, 6.45) is 3.26. The smallest absolute Gasteiger partial charge is 0.244 e. The summed E-state index contributed by atoms with van der Waals surface area (Å²) in [5.74, 6) is 1.67. The van der Waals surface area contributed by atoms with Crippen LogP contribution in [0.3, 0.4) is 0 Å². The molecule has 0 unspecified atom stereocenters. The number of ether oxygens (including phenoxy) is 2. The molecule has 3 aromatic carbocycles. The average Bonchev–Trinajstić information content (AvgIpc) is 3.45. The molecular formula is C26H21FN2O3S. The highest BCUT2D eigenvalue weighted by atomic mass is 32.2. The van der Waals surface area contributed by atoms with Crippen LogP contribution in [0.15, 0.2) is 77.7 Å². The van der Waals surface area contributed by atoms with Crippen molar-refractivity contribution in [3.63, 3.8) is 0 Å². The fraction of sp³-hybridized carbons (Fsp3) is 0.115. The molecule has 5 nitrogen and oxygen atoms in total. The van der Waals surface area contributed by atoms with Crippen LogP contribution < -0.4 is 14.8 Å². The van der Waals surface area contributed by atoms with E-state index in [4.69, 9.17) is 9.47 Å². The summed E-state index contributed by atoms with van der Waals surface area (Å²) < 4.78 is 24.0. The van der Waals surface area contributed by atoms with Gasteiger partial charge in [0.25, 0.3) is 0 Å². The zero-order chi connectivity index (χ0) is 22.6. The largest absolute Gasteiger partial charge is 0.454 e. The van der Waals surface area contributed by atoms with E-state index < -0.39 is 0 Å². The zero-order valence-corrected chi connectivity index (χ0v) is 18.5. The van der Waals surface area contributed by atoms with Gasteiger partial charge in [-0.15, -0.1) is 11.8 Å². The van der Waals surface area contributed by atoms with Gasteiger partial charge in [-0.3, -0.25) is 4.79 Å². The van der Waals surface area contributed by atoms with Gasteiger partial charge in [-0.25, -0.2) is 4.39 Å². The second kappa shape index (κ2) is 9.42. The first-order valence-corrected chi connectivity index (χ1v) is 11.5. The van der Waals surface area contributed by atoms with Crippen LogP contribution in [0.2, 0.25) is 0 Å². The Balaban J connectivity index is 1.22. The molecule has 166 valence electrons. The highest BCUT2D eigenvalue weighted by Gasteiger charge is 2.14. The fourth-order valence-electron chi connectivity index (χ4n) is 3.66. The Morgan fingerprint density at radius 2 is 1.88 bits per heavy atom. The van der Waals surface area contributed by atoms with Crippen molar-refractivity contribution in [3.8, 4) is 22.8 Å². The van der Waals surface area contributed by atoms with Crippen molar-refractivity contribution in [3.05, 3.63) is 84.2 Å². The molecule has 0 bridgehead atoms. The molecule has 1 aliphatic rings. The highest BCUT2D eigenvalue weighted by Crippen LogP contribution is 2.37. The summed E-state index contributed by atoms with van der Waals surface area (Å²) in [5, 5.41) is 4.03. The molecule has 1 aromatic heterocycles. The second-order valence-corrected chi connectivity index (χ2v) is 8.57. The predicted molar refractivity (Wildman–Crippen MR) is 129 cm³/mol. The molecule has 0 saturated carbocycles. The molecule has 0 saturated heterocycles. The molecule has 33 heavy (non-hydrogen) atoms. The van der Waals surface area contributed by atoms with E-state index in [9.17, 15) is 9.18 Å². The number of rotatable bonds is 7. The Morgan fingerprint density at radius 1 is 1.06 bits per heavy atom. The lowest BCUT2D eigenvalue weighted by Crippen LogP contribution is -2.23. The van der Waals surface area contributed by atoms with E-state index >= 15 is 0 Å². The van der Waals surface area contributed by atoms with Crippen molar-refractivity contribution < 1.29 is 18.7 Å². The SMILES string of the molecule is O=C(/C=C/c1ccc2c(c1)OCO2)NCCSc1c(-c2ccc(F)cc2)[nH]c2ccccc12. The van der Waals surface area contributed by atoms with Crippen LogP contribution in [0.1, 0.15) is 5.56 Å². The summed E-state index contributed by atoms with van der Waals surface area (Å²) in [4.78, 5) is 16.8. The number of H-pyrrole nitrogens is 1. The first-order valence-electron chi connectivity index (χ1n) is 10.5. The van der Waals surface area contributed by atoms with E-state index in [1.165, 1.54) is 18.2 Å². The monoisotopic (exact) mass is 460 g/mol. The third-order valence-electron chi connectivity index (χ3n) is 5.26. The van der Waals surface area contributed by atoms with Crippen molar-refractivity contribution in [2.75, 3.05) is 19.1 Å². The van der Waals surface area contributed by atoms with Gasteiger partial charge in [-0.05, 0) is 59.7 Å². The van der Waals surface area contributed by atoms with E-state index in [1.54, 1.807) is 30.0 Å². The van der Waals surface area contributed by atoms with Gasteiger partial charge in [0.05, 0.1) is 5.69 Å². The van der Waals surface area contributed by atoms with Crippen molar-refractivity contribution in [1.29, 1.82) is 0 Å². The lowest BCUT2D eigenvalue weighted by atomic mass is 10.1. The molecule has 2 N–H and O–H groups in total. The first kappa shape index (κ1) is 21.2. The lowest BCUT2D eigenvalue weighted by Gasteiger charge is -2.06. The number of benzene rings is 3. The number of thioether (sulfide) groups is 1. The number of amides is 1. The number of aromatic amines is 1. The summed E-state index contributed by atoms with van der Waals surface area (Å²) in [6.45, 7) is 0.733. The molecule has 0 radical (unpaired) electrons. The maximum Gasteiger partial charge on any atom is 0.244 e. The Morgan fingerprint density at radius 3 is 2.76 bits per heavy atom. The average molecular weight is 461 g/mol. The maximum atomic E-state index is 13.4. The maximum absolute atomic E-state index is 13.4. The minimum atomic E-state index is -0.263. The Bertz CT molecular complexity index is 1330. The summed E-state index contributed by atoms with van der Waals surface area (Å²) >= 11 is 1.66. The molecule has 4 aromatic rings. The van der Waals surface area contributed by atoms with Crippen LogP contribution in [0, 0.1) is 5.82 Å². The number of halogens is 1. The molecule has 7 heteroatoms. The van der Waals surface area contributed by atoms with Crippen LogP contribution in [0.4, 0.5) is 4.39 Å². The second-order valence-electron chi connectivity index (χ2n) is 7.47. The van der Waals surface area contributed by atoms with E-state index in [2.05, 4.69) is 16.4 Å². The van der Waals surface area contributed by atoms with Crippen LogP contribution in [0.5, 0.6) is 11.5 Å². The van der Waals surface area contributed by atoms with Crippen LogP contribution in [0.25, 0.3) is 28.2 Å². The summed E-state index contributed by atoms with van der Waals surface area (Å²) in [6, 6.07) is 20.1. The normalized spacial score (nSPS) is 12.5. The molecular weight excluding hydrogens is 439 g/mol. The molecule has 5 rings (SSSR count). The van der Waals surface area contributed by atoms with Gasteiger partial charge in [-0.2, -0.15) is 0 Å². The molecule has 2 heterocycles. The van der Waals surface area contributed by atoms with E-state index in [1.807, 2.05) is 36.4 Å². The van der Waals surface area contributed by atoms with Crippen LogP contribution in [-0.2, 0) is 4.79 Å². The Labute approximate surface area is 194 Å². The van der Waals surface area contributed by atoms with E-state index in [-0.39, 0.29) is 18.5 Å². The number of hydrogen-bond donors (Lipinski definition) is 2. The van der Waals surface area contributed by atoms with Gasteiger partial charge in [0.2, 0.25) is 12.7 Å². The van der Waals surface area contributed by atoms with Gasteiger partial charge in [0.1, 0.15) is 5.82 Å². The van der Waals surface area contributed by atoms with E-state index in [0.717, 1.165) is 32.6 Å². The molecule has 0 spiro atoms. The van der Waals surface area contributed by atoms with Crippen molar-refractivity contribution >= 4 is 34.6 Å². The topological polar surface area (TPSA) is 63.4 Å². The first-order chi connectivity index (χ1) is 16.2. The molecule has 0 aliphatic carbocycles.